The van der Waals surface area contributed by atoms with Gasteiger partial charge < -0.3 is 19.4 Å². The van der Waals surface area contributed by atoms with E-state index in [0.717, 1.165) is 50.5 Å². The minimum atomic E-state index is -0.346. The number of hydrogen-bond acceptors (Lipinski definition) is 4. The van der Waals surface area contributed by atoms with Crippen LogP contribution in [-0.4, -0.2) is 68.0 Å². The van der Waals surface area contributed by atoms with Crippen LogP contribution in [-0.2, 0) is 9.59 Å². The molecule has 0 N–H and O–H groups in total. The lowest BCUT2D eigenvalue weighted by atomic mass is 10.2. The van der Waals surface area contributed by atoms with Gasteiger partial charge in [0.25, 0.3) is 0 Å². The molecule has 0 aliphatic carbocycles. The van der Waals surface area contributed by atoms with Gasteiger partial charge in [0.2, 0.25) is 0 Å². The Labute approximate surface area is 136 Å². The number of carbonyl (C=O) groups is 2. The minimum Gasteiger partial charge on any atom is -0.497 e. The number of ether oxygens (including phenoxy) is 1. The smallest absolute Gasteiger partial charge is 0.312 e. The lowest BCUT2D eigenvalue weighted by Gasteiger charge is -2.36. The first-order chi connectivity index (χ1) is 11.2. The molecular weight excluding hydrogens is 294 g/mol. The molecule has 0 atom stereocenters. The summed E-state index contributed by atoms with van der Waals surface area (Å²) in [5.41, 5.74) is 1.11. The minimum absolute atomic E-state index is 0.333. The number of anilines is 1. The number of nitrogens with zero attached hydrogens (tertiary/aromatic N) is 3. The molecule has 0 aromatic heterocycles. The first-order valence-corrected chi connectivity index (χ1v) is 8.16. The molecule has 2 saturated heterocycles. The fourth-order valence-corrected chi connectivity index (χ4v) is 3.15. The van der Waals surface area contributed by atoms with Gasteiger partial charge in [0.05, 0.1) is 7.11 Å². The fourth-order valence-electron chi connectivity index (χ4n) is 3.15. The summed E-state index contributed by atoms with van der Waals surface area (Å²) < 4.78 is 5.17. The van der Waals surface area contributed by atoms with Gasteiger partial charge in [0, 0.05) is 45.0 Å². The number of benzene rings is 1. The number of methoxy groups -OCH3 is 1. The van der Waals surface area contributed by atoms with E-state index in [1.54, 1.807) is 16.9 Å². The molecule has 0 spiro atoms. The third-order valence-corrected chi connectivity index (χ3v) is 4.58. The first-order valence-electron chi connectivity index (χ1n) is 8.16. The van der Waals surface area contributed by atoms with Crippen molar-refractivity contribution in [3.63, 3.8) is 0 Å². The summed E-state index contributed by atoms with van der Waals surface area (Å²) in [5.74, 6) is 0.153. The largest absolute Gasteiger partial charge is 0.497 e. The van der Waals surface area contributed by atoms with Gasteiger partial charge in [-0.15, -0.1) is 0 Å². The average Bonchev–Trinajstić information content (AvgIpc) is 3.15. The van der Waals surface area contributed by atoms with Crippen LogP contribution >= 0.6 is 0 Å². The lowest BCUT2D eigenvalue weighted by molar-refractivity contribution is -0.151. The Kier molecular flexibility index (Phi) is 4.69. The molecule has 0 unspecified atom stereocenters. The van der Waals surface area contributed by atoms with E-state index in [4.69, 9.17) is 4.74 Å². The van der Waals surface area contributed by atoms with Crippen LogP contribution in [0.2, 0.25) is 0 Å². The number of piperazine rings is 1. The van der Waals surface area contributed by atoms with Crippen molar-refractivity contribution < 1.29 is 14.3 Å². The Bertz CT molecular complexity index is 559. The Hall–Kier alpha value is -2.24. The van der Waals surface area contributed by atoms with E-state index in [0.29, 0.717) is 13.1 Å². The Morgan fingerprint density at radius 1 is 0.826 bits per heavy atom. The zero-order valence-electron chi connectivity index (χ0n) is 13.5. The molecule has 0 radical (unpaired) electrons. The maximum Gasteiger partial charge on any atom is 0.312 e. The van der Waals surface area contributed by atoms with E-state index < -0.39 is 0 Å². The Morgan fingerprint density at radius 3 is 1.87 bits per heavy atom. The quantitative estimate of drug-likeness (QED) is 0.763. The highest BCUT2D eigenvalue weighted by Crippen LogP contribution is 2.20. The summed E-state index contributed by atoms with van der Waals surface area (Å²) in [4.78, 5) is 30.1. The number of amides is 2. The highest BCUT2D eigenvalue weighted by molar-refractivity contribution is 6.35. The molecule has 1 aromatic carbocycles. The van der Waals surface area contributed by atoms with Gasteiger partial charge in [-0.25, -0.2) is 0 Å². The van der Waals surface area contributed by atoms with E-state index in [-0.39, 0.29) is 11.8 Å². The predicted octanol–water partition coefficient (Wildman–Crippen LogP) is 0.966. The average molecular weight is 317 g/mol. The van der Waals surface area contributed by atoms with Crippen molar-refractivity contribution in [2.45, 2.75) is 12.8 Å². The van der Waals surface area contributed by atoms with Crippen LogP contribution in [0.1, 0.15) is 12.8 Å². The second-order valence-corrected chi connectivity index (χ2v) is 5.98. The maximum absolute atomic E-state index is 12.3. The molecule has 6 nitrogen and oxygen atoms in total. The summed E-state index contributed by atoms with van der Waals surface area (Å²) >= 11 is 0. The summed E-state index contributed by atoms with van der Waals surface area (Å²) in [5, 5.41) is 0. The van der Waals surface area contributed by atoms with E-state index >= 15 is 0 Å². The summed E-state index contributed by atoms with van der Waals surface area (Å²) in [6, 6.07) is 7.91. The van der Waals surface area contributed by atoms with Gasteiger partial charge in [-0.05, 0) is 37.1 Å². The van der Waals surface area contributed by atoms with Crippen LogP contribution in [0.4, 0.5) is 5.69 Å². The summed E-state index contributed by atoms with van der Waals surface area (Å²) in [6.07, 6.45) is 2.01. The van der Waals surface area contributed by atoms with Crippen molar-refractivity contribution in [1.82, 2.24) is 9.80 Å². The molecule has 2 fully saturated rings. The fraction of sp³-hybridized carbons (Fsp3) is 0.529. The monoisotopic (exact) mass is 317 g/mol. The molecule has 0 bridgehead atoms. The van der Waals surface area contributed by atoms with Crippen molar-refractivity contribution >= 4 is 17.5 Å². The van der Waals surface area contributed by atoms with Crippen LogP contribution in [0, 0.1) is 0 Å². The van der Waals surface area contributed by atoms with Gasteiger partial charge in [-0.1, -0.05) is 0 Å². The molecule has 2 aliphatic heterocycles. The SMILES string of the molecule is COc1ccc(N2CCN(C(=O)C(=O)N3CCCC3)CC2)cc1. The molecule has 6 heteroatoms. The zero-order chi connectivity index (χ0) is 16.2. The highest BCUT2D eigenvalue weighted by Gasteiger charge is 2.30. The van der Waals surface area contributed by atoms with Crippen LogP contribution in [0.15, 0.2) is 24.3 Å². The standard InChI is InChI=1S/C17H23N3O3/c1-23-15-6-4-14(5-7-15)18-10-12-20(13-11-18)17(22)16(21)19-8-2-3-9-19/h4-7H,2-3,8-13H2,1H3. The van der Waals surface area contributed by atoms with Crippen molar-refractivity contribution in [2.75, 3.05) is 51.3 Å². The van der Waals surface area contributed by atoms with Gasteiger partial charge in [-0.3, -0.25) is 9.59 Å². The number of hydrogen-bond donors (Lipinski definition) is 0. The molecule has 0 saturated carbocycles. The van der Waals surface area contributed by atoms with Gasteiger partial charge in [0.15, 0.2) is 0 Å². The van der Waals surface area contributed by atoms with E-state index in [1.165, 1.54) is 0 Å². The Morgan fingerprint density at radius 2 is 1.35 bits per heavy atom. The lowest BCUT2D eigenvalue weighted by Crippen LogP contribution is -2.53. The third-order valence-electron chi connectivity index (χ3n) is 4.58. The molecule has 1 aromatic rings. The third kappa shape index (κ3) is 3.41. The molecule has 2 amide bonds. The van der Waals surface area contributed by atoms with Gasteiger partial charge >= 0.3 is 11.8 Å². The molecule has 3 rings (SSSR count). The summed E-state index contributed by atoms with van der Waals surface area (Å²) in [7, 11) is 1.65. The van der Waals surface area contributed by atoms with Crippen molar-refractivity contribution in [1.29, 1.82) is 0 Å². The van der Waals surface area contributed by atoms with E-state index in [1.807, 2.05) is 24.3 Å². The van der Waals surface area contributed by atoms with E-state index in [2.05, 4.69) is 4.90 Å². The number of rotatable bonds is 2. The van der Waals surface area contributed by atoms with Crippen LogP contribution in [0.3, 0.4) is 0 Å². The van der Waals surface area contributed by atoms with Crippen molar-refractivity contribution in [3.05, 3.63) is 24.3 Å². The topological polar surface area (TPSA) is 53.1 Å². The molecular formula is C17H23N3O3. The highest BCUT2D eigenvalue weighted by atomic mass is 16.5. The molecule has 2 heterocycles. The summed E-state index contributed by atoms with van der Waals surface area (Å²) in [6.45, 7) is 4.10. The first kappa shape index (κ1) is 15.6. The normalized spacial score (nSPS) is 18.2. The van der Waals surface area contributed by atoms with Gasteiger partial charge in [0.1, 0.15) is 5.75 Å². The molecule has 23 heavy (non-hydrogen) atoms. The molecule has 2 aliphatic rings. The number of carbonyl (C=O) groups excluding carboxylic acids is 2. The van der Waals surface area contributed by atoms with Crippen LogP contribution in [0.25, 0.3) is 0 Å². The second kappa shape index (κ2) is 6.89. The van der Waals surface area contributed by atoms with Crippen molar-refractivity contribution in [3.8, 4) is 5.75 Å². The zero-order valence-corrected chi connectivity index (χ0v) is 13.5. The van der Waals surface area contributed by atoms with Crippen LogP contribution in [0.5, 0.6) is 5.75 Å². The predicted molar refractivity (Wildman–Crippen MR) is 87.6 cm³/mol. The van der Waals surface area contributed by atoms with Crippen molar-refractivity contribution in [2.24, 2.45) is 0 Å². The number of likely N-dealkylation sites (tertiary alicyclic amines) is 1. The van der Waals surface area contributed by atoms with E-state index in [9.17, 15) is 9.59 Å². The Balaban J connectivity index is 1.55. The van der Waals surface area contributed by atoms with Crippen LogP contribution < -0.4 is 9.64 Å². The second-order valence-electron chi connectivity index (χ2n) is 5.98. The van der Waals surface area contributed by atoms with Gasteiger partial charge in [-0.2, -0.15) is 0 Å². The molecule has 124 valence electrons. The maximum atomic E-state index is 12.3.